The molecule has 7 nitrogen and oxygen atoms in total. The van der Waals surface area contributed by atoms with Crippen LogP contribution in [0.5, 0.6) is 0 Å². The van der Waals surface area contributed by atoms with Crippen molar-refractivity contribution in [3.05, 3.63) is 101 Å². The minimum Gasteiger partial charge on any atom is -0.352 e. The van der Waals surface area contributed by atoms with E-state index in [-0.39, 0.29) is 30.6 Å². The highest BCUT2D eigenvalue weighted by Gasteiger charge is 2.34. The van der Waals surface area contributed by atoms with Gasteiger partial charge >= 0.3 is 0 Å². The number of amides is 2. The molecule has 0 radical (unpaired) electrons. The van der Waals surface area contributed by atoms with E-state index in [1.54, 1.807) is 24.3 Å². The standard InChI is InChI=1S/C31H34ClF2N3O4S/c1-42(40,41)37(25-16-17-27(33)28(34)19-25)21-30(38)36(20-23-12-8-9-15-26(23)32)29(18-22-10-4-2-5-11-22)31(39)35-24-13-6-3-7-14-24/h2,4-5,8-12,15-17,19,24,29H,3,6-7,13-14,18,20-21H2,1H3,(H,35,39)/t29-/m1/s1. The van der Waals surface area contributed by atoms with Crippen molar-refractivity contribution in [3.8, 4) is 0 Å². The summed E-state index contributed by atoms with van der Waals surface area (Å²) in [4.78, 5) is 29.3. The minimum atomic E-state index is -4.11. The third-order valence-corrected chi connectivity index (χ3v) is 8.90. The maximum Gasteiger partial charge on any atom is 0.244 e. The fraction of sp³-hybridized carbons (Fsp3) is 0.355. The van der Waals surface area contributed by atoms with Crippen LogP contribution < -0.4 is 9.62 Å². The zero-order chi connectivity index (χ0) is 30.3. The molecule has 42 heavy (non-hydrogen) atoms. The van der Waals surface area contributed by atoms with Crippen LogP contribution in [0.2, 0.25) is 5.02 Å². The summed E-state index contributed by atoms with van der Waals surface area (Å²) in [5.41, 5.74) is 1.15. The Morgan fingerprint density at radius 1 is 0.952 bits per heavy atom. The summed E-state index contributed by atoms with van der Waals surface area (Å²) < 4.78 is 54.0. The molecule has 0 bridgehead atoms. The largest absolute Gasteiger partial charge is 0.352 e. The Balaban J connectivity index is 1.74. The smallest absolute Gasteiger partial charge is 0.244 e. The average Bonchev–Trinajstić information content (AvgIpc) is 2.96. The number of carbonyl (C=O) groups is 2. The molecule has 0 heterocycles. The van der Waals surface area contributed by atoms with Crippen molar-refractivity contribution in [2.75, 3.05) is 17.1 Å². The number of hydrogen-bond acceptors (Lipinski definition) is 4. The van der Waals surface area contributed by atoms with Crippen LogP contribution in [0.1, 0.15) is 43.2 Å². The van der Waals surface area contributed by atoms with Crippen LogP contribution in [-0.2, 0) is 32.6 Å². The number of anilines is 1. The number of halogens is 3. The molecule has 11 heteroatoms. The fourth-order valence-electron chi connectivity index (χ4n) is 5.16. The molecule has 2 amide bonds. The first-order chi connectivity index (χ1) is 20.0. The summed E-state index contributed by atoms with van der Waals surface area (Å²) in [5.74, 6) is -3.47. The average molecular weight is 618 g/mol. The molecule has 1 atom stereocenters. The highest BCUT2D eigenvalue weighted by atomic mass is 35.5. The van der Waals surface area contributed by atoms with Crippen LogP contribution in [0, 0.1) is 11.6 Å². The molecular formula is C31H34ClF2N3O4S. The molecule has 0 spiro atoms. The van der Waals surface area contributed by atoms with Crippen molar-refractivity contribution in [2.45, 2.75) is 57.2 Å². The van der Waals surface area contributed by atoms with Gasteiger partial charge in [0.15, 0.2) is 11.6 Å². The van der Waals surface area contributed by atoms with Gasteiger partial charge in [-0.2, -0.15) is 0 Å². The number of benzene rings is 3. The summed E-state index contributed by atoms with van der Waals surface area (Å²) in [6, 6.07) is 17.7. The molecule has 1 aliphatic carbocycles. The lowest BCUT2D eigenvalue weighted by Crippen LogP contribution is -2.55. The second-order valence-corrected chi connectivity index (χ2v) is 12.8. The highest BCUT2D eigenvalue weighted by Crippen LogP contribution is 2.25. The van der Waals surface area contributed by atoms with Gasteiger partial charge in [-0.3, -0.25) is 13.9 Å². The summed E-state index contributed by atoms with van der Waals surface area (Å²) in [5, 5.41) is 3.49. The fourth-order valence-corrected chi connectivity index (χ4v) is 6.20. The van der Waals surface area contributed by atoms with Crippen LogP contribution in [0.4, 0.5) is 14.5 Å². The number of carbonyl (C=O) groups excluding carboxylic acids is 2. The van der Waals surface area contributed by atoms with Crippen LogP contribution in [0.25, 0.3) is 0 Å². The zero-order valence-electron chi connectivity index (χ0n) is 23.3. The summed E-state index contributed by atoms with van der Waals surface area (Å²) in [7, 11) is -4.11. The lowest BCUT2D eigenvalue weighted by atomic mass is 9.94. The molecule has 0 unspecified atom stereocenters. The van der Waals surface area contributed by atoms with E-state index in [9.17, 15) is 26.8 Å². The number of nitrogens with zero attached hydrogens (tertiary/aromatic N) is 2. The number of nitrogens with one attached hydrogen (secondary N) is 1. The summed E-state index contributed by atoms with van der Waals surface area (Å²) in [6.45, 7) is -0.820. The van der Waals surface area contributed by atoms with Crippen molar-refractivity contribution in [1.82, 2.24) is 10.2 Å². The Bertz CT molecular complexity index is 1500. The normalized spacial score (nSPS) is 14.7. The maximum atomic E-state index is 14.1. The van der Waals surface area contributed by atoms with Gasteiger partial charge in [-0.15, -0.1) is 0 Å². The van der Waals surface area contributed by atoms with E-state index in [0.717, 1.165) is 62.1 Å². The first-order valence-electron chi connectivity index (χ1n) is 13.8. The van der Waals surface area contributed by atoms with Crippen molar-refractivity contribution in [1.29, 1.82) is 0 Å². The monoisotopic (exact) mass is 617 g/mol. The van der Waals surface area contributed by atoms with Crippen molar-refractivity contribution < 1.29 is 26.8 Å². The van der Waals surface area contributed by atoms with Crippen molar-refractivity contribution in [2.24, 2.45) is 0 Å². The van der Waals surface area contributed by atoms with Gasteiger partial charge in [0.1, 0.15) is 12.6 Å². The second-order valence-electron chi connectivity index (χ2n) is 10.5. The first kappa shape index (κ1) is 31.4. The minimum absolute atomic E-state index is 0.0310. The molecule has 1 N–H and O–H groups in total. The molecular weight excluding hydrogens is 584 g/mol. The van der Waals surface area contributed by atoms with Crippen LogP contribution in [-0.4, -0.2) is 50.0 Å². The first-order valence-corrected chi connectivity index (χ1v) is 16.1. The van der Waals surface area contributed by atoms with Gasteiger partial charge in [-0.1, -0.05) is 79.4 Å². The van der Waals surface area contributed by atoms with Gasteiger partial charge in [-0.25, -0.2) is 17.2 Å². The molecule has 1 fully saturated rings. The Kier molecular flexibility index (Phi) is 10.6. The van der Waals surface area contributed by atoms with E-state index in [4.69, 9.17) is 11.6 Å². The molecule has 0 aliphatic heterocycles. The zero-order valence-corrected chi connectivity index (χ0v) is 24.9. The number of sulfonamides is 1. The number of rotatable bonds is 11. The van der Waals surface area contributed by atoms with Gasteiger partial charge in [-0.05, 0) is 42.2 Å². The molecule has 3 aromatic carbocycles. The highest BCUT2D eigenvalue weighted by molar-refractivity contribution is 7.92. The third-order valence-electron chi connectivity index (χ3n) is 7.39. The van der Waals surface area contributed by atoms with Gasteiger partial charge in [0.2, 0.25) is 21.8 Å². The Morgan fingerprint density at radius 2 is 1.62 bits per heavy atom. The van der Waals surface area contributed by atoms with E-state index >= 15 is 0 Å². The number of hydrogen-bond donors (Lipinski definition) is 1. The predicted molar refractivity (Wildman–Crippen MR) is 159 cm³/mol. The SMILES string of the molecule is CS(=O)(=O)N(CC(=O)N(Cc1ccccc1Cl)[C@H](Cc1ccccc1)C(=O)NC1CCCCC1)c1ccc(F)c(F)c1. The van der Waals surface area contributed by atoms with Crippen molar-refractivity contribution >= 4 is 39.1 Å². The lowest BCUT2D eigenvalue weighted by molar-refractivity contribution is -0.140. The molecule has 1 aliphatic rings. The Labute approximate surface area is 250 Å². The molecule has 1 saturated carbocycles. The molecule has 0 saturated heterocycles. The third kappa shape index (κ3) is 8.29. The predicted octanol–water partition coefficient (Wildman–Crippen LogP) is 5.47. The van der Waals surface area contributed by atoms with Gasteiger partial charge in [0.25, 0.3) is 0 Å². The molecule has 4 rings (SSSR count). The summed E-state index contributed by atoms with van der Waals surface area (Å²) >= 11 is 6.46. The van der Waals surface area contributed by atoms with E-state index in [0.29, 0.717) is 14.9 Å². The van der Waals surface area contributed by atoms with E-state index < -0.39 is 40.2 Å². The molecule has 224 valence electrons. The van der Waals surface area contributed by atoms with Crippen molar-refractivity contribution in [3.63, 3.8) is 0 Å². The van der Waals surface area contributed by atoms with E-state index in [2.05, 4.69) is 5.32 Å². The lowest BCUT2D eigenvalue weighted by Gasteiger charge is -2.35. The van der Waals surface area contributed by atoms with E-state index in [1.165, 1.54) is 4.90 Å². The van der Waals surface area contributed by atoms with Gasteiger partial charge in [0, 0.05) is 30.1 Å². The van der Waals surface area contributed by atoms with Crippen LogP contribution >= 0.6 is 11.6 Å². The van der Waals surface area contributed by atoms with Gasteiger partial charge < -0.3 is 10.2 Å². The topological polar surface area (TPSA) is 86.8 Å². The molecule has 3 aromatic rings. The Hall–Kier alpha value is -3.50. The molecule has 0 aromatic heterocycles. The van der Waals surface area contributed by atoms with E-state index in [1.807, 2.05) is 30.3 Å². The second kappa shape index (κ2) is 14.1. The van der Waals surface area contributed by atoms with Gasteiger partial charge in [0.05, 0.1) is 11.9 Å². The Morgan fingerprint density at radius 3 is 2.26 bits per heavy atom. The van der Waals surface area contributed by atoms with Crippen LogP contribution in [0.3, 0.4) is 0 Å². The summed E-state index contributed by atoms with van der Waals surface area (Å²) in [6.07, 6.45) is 5.79. The quantitative estimate of drug-likeness (QED) is 0.309. The van der Waals surface area contributed by atoms with Crippen LogP contribution in [0.15, 0.2) is 72.8 Å². The maximum absolute atomic E-state index is 14.1.